The Hall–Kier alpha value is -2.44. The average molecular weight is 755 g/mol. The van der Waals surface area contributed by atoms with Crippen LogP contribution in [0.1, 0.15) is 103 Å². The molecular formula is C45H52Cl2Zr-2. The van der Waals surface area contributed by atoms with Gasteiger partial charge < -0.3 is 24.8 Å². The van der Waals surface area contributed by atoms with Gasteiger partial charge in [-0.25, -0.2) is 5.57 Å². The van der Waals surface area contributed by atoms with Crippen LogP contribution in [0.3, 0.4) is 0 Å². The van der Waals surface area contributed by atoms with Gasteiger partial charge in [0.25, 0.3) is 0 Å². The summed E-state index contributed by atoms with van der Waals surface area (Å²) >= 11 is 1.46. The number of aryl methyl sites for hydroxylation is 2. The van der Waals surface area contributed by atoms with E-state index in [0.29, 0.717) is 5.92 Å². The second-order valence-corrected chi connectivity index (χ2v) is 16.4. The third-order valence-electron chi connectivity index (χ3n) is 9.35. The van der Waals surface area contributed by atoms with Gasteiger partial charge in [0.2, 0.25) is 0 Å². The van der Waals surface area contributed by atoms with Crippen molar-refractivity contribution in [2.24, 2.45) is 5.92 Å². The van der Waals surface area contributed by atoms with Crippen LogP contribution in [0.5, 0.6) is 0 Å². The van der Waals surface area contributed by atoms with Crippen molar-refractivity contribution < 1.29 is 49.0 Å². The normalized spacial score (nSPS) is 14.3. The smallest absolute Gasteiger partial charge is 1.00 e. The third kappa shape index (κ3) is 10.3. The molecule has 5 aromatic carbocycles. The summed E-state index contributed by atoms with van der Waals surface area (Å²) in [5.74, 6) is 0.560. The number of fused-ring (bicyclic) bond motifs is 3. The van der Waals surface area contributed by atoms with Crippen molar-refractivity contribution in [1.29, 1.82) is 0 Å². The molecule has 0 saturated heterocycles. The topological polar surface area (TPSA) is 0 Å². The molecule has 1 aliphatic carbocycles. The minimum Gasteiger partial charge on any atom is -1.00 e. The van der Waals surface area contributed by atoms with Gasteiger partial charge in [0, 0.05) is 0 Å². The number of allylic oxidation sites excluding steroid dienone is 4. The van der Waals surface area contributed by atoms with Crippen molar-refractivity contribution in [3.8, 4) is 0 Å². The molecule has 48 heavy (non-hydrogen) atoms. The molecule has 0 bridgehead atoms. The van der Waals surface area contributed by atoms with E-state index in [1.165, 1.54) is 99.1 Å². The summed E-state index contributed by atoms with van der Waals surface area (Å²) in [4.78, 5) is 0. The minimum absolute atomic E-state index is 0. The predicted octanol–water partition coefficient (Wildman–Crippen LogP) is 6.46. The maximum absolute atomic E-state index is 3.36. The third-order valence-corrected chi connectivity index (χ3v) is 10.8. The second kappa shape index (κ2) is 17.0. The average Bonchev–Trinajstić information content (AvgIpc) is 3.48. The monoisotopic (exact) mass is 752 g/mol. The first kappa shape index (κ1) is 41.7. The van der Waals surface area contributed by atoms with Gasteiger partial charge in [-0.15, -0.1) is 46.7 Å². The maximum Gasteiger partial charge on any atom is -1.00 e. The van der Waals surface area contributed by atoms with Crippen LogP contribution in [0.25, 0.3) is 21.5 Å². The Labute approximate surface area is 318 Å². The zero-order chi connectivity index (χ0) is 34.0. The Bertz CT molecular complexity index is 1790. The first-order valence-electron chi connectivity index (χ1n) is 16.6. The Morgan fingerprint density at radius 2 is 0.979 bits per heavy atom. The summed E-state index contributed by atoms with van der Waals surface area (Å²) in [6, 6.07) is 33.7. The molecule has 5 aromatic rings. The molecule has 1 atom stereocenters. The first-order valence-corrected chi connectivity index (χ1v) is 17.8. The summed E-state index contributed by atoms with van der Waals surface area (Å²) in [5.41, 5.74) is 12.8. The number of benzene rings is 4. The van der Waals surface area contributed by atoms with Crippen LogP contribution in [-0.2, 0) is 35.1 Å². The number of hydrogen-bond donors (Lipinski definition) is 0. The van der Waals surface area contributed by atoms with Crippen LogP contribution in [0.15, 0.2) is 108 Å². The van der Waals surface area contributed by atoms with Gasteiger partial charge in [-0.2, -0.15) is 11.1 Å². The molecule has 1 aliphatic rings. The van der Waals surface area contributed by atoms with E-state index >= 15 is 0 Å². The van der Waals surface area contributed by atoms with E-state index in [4.69, 9.17) is 0 Å². The molecule has 0 N–H and O–H groups in total. The molecule has 0 nitrogen and oxygen atoms in total. The van der Waals surface area contributed by atoms with Crippen LogP contribution in [-0.4, -0.2) is 3.21 Å². The van der Waals surface area contributed by atoms with Crippen molar-refractivity contribution >= 4 is 24.8 Å². The van der Waals surface area contributed by atoms with Crippen LogP contribution >= 0.6 is 0 Å². The van der Waals surface area contributed by atoms with E-state index in [1.807, 2.05) is 0 Å². The van der Waals surface area contributed by atoms with Crippen molar-refractivity contribution in [2.75, 3.05) is 0 Å². The van der Waals surface area contributed by atoms with Crippen molar-refractivity contribution in [3.05, 3.63) is 147 Å². The second-order valence-electron chi connectivity index (χ2n) is 15.2. The van der Waals surface area contributed by atoms with Crippen molar-refractivity contribution in [3.63, 3.8) is 0 Å². The minimum atomic E-state index is 0. The molecule has 0 aromatic heterocycles. The molecule has 0 saturated carbocycles. The van der Waals surface area contributed by atoms with Crippen LogP contribution < -0.4 is 24.8 Å². The van der Waals surface area contributed by atoms with E-state index in [0.717, 1.165) is 0 Å². The molecule has 0 aliphatic heterocycles. The number of rotatable bonds is 2. The van der Waals surface area contributed by atoms with Crippen molar-refractivity contribution in [1.82, 2.24) is 0 Å². The largest absolute Gasteiger partial charge is 1.00 e. The predicted molar refractivity (Wildman–Crippen MR) is 200 cm³/mol. The van der Waals surface area contributed by atoms with Gasteiger partial charge in [-0.1, -0.05) is 104 Å². The molecule has 0 fully saturated rings. The van der Waals surface area contributed by atoms with Gasteiger partial charge >= 0.3 is 112 Å². The van der Waals surface area contributed by atoms with Gasteiger partial charge in [-0.3, -0.25) is 6.08 Å². The van der Waals surface area contributed by atoms with E-state index in [-0.39, 0.29) is 35.6 Å². The Morgan fingerprint density at radius 3 is 1.25 bits per heavy atom. The van der Waals surface area contributed by atoms with Gasteiger partial charge in [0.05, 0.1) is 0 Å². The number of halogens is 2. The summed E-state index contributed by atoms with van der Waals surface area (Å²) < 4.78 is 1.42. The summed E-state index contributed by atoms with van der Waals surface area (Å²) in [5, 5.41) is 5.48. The van der Waals surface area contributed by atoms with Crippen LogP contribution in [0.2, 0.25) is 0 Å². The van der Waals surface area contributed by atoms with E-state index in [2.05, 4.69) is 180 Å². The van der Waals surface area contributed by atoms with Gasteiger partial charge in [0.15, 0.2) is 0 Å². The zero-order valence-corrected chi connectivity index (χ0v) is 35.0. The molecule has 3 heteroatoms. The molecule has 6 rings (SSSR count). The zero-order valence-electron chi connectivity index (χ0n) is 31.0. The molecule has 1 unspecified atom stereocenters. The molecule has 0 radical (unpaired) electrons. The number of hydrogen-bond acceptors (Lipinski definition) is 0. The maximum atomic E-state index is 3.36. The van der Waals surface area contributed by atoms with E-state index < -0.39 is 0 Å². The molecule has 0 amide bonds. The fourth-order valence-electron chi connectivity index (χ4n) is 5.72. The SMILES string of the molecule is CC(C)(C)c1ccc2c(c1)[cH-]c1cc(C(C)(C)C)ccc12.CC1=[C-]C(C)C(C)=C1C.Cc1ccc([C](=[Zr+2])c2ccc(C)cc2)cc1.[Cl-].[Cl-]. The Kier molecular flexibility index (Phi) is 14.8. The summed E-state index contributed by atoms with van der Waals surface area (Å²) in [7, 11) is 0. The van der Waals surface area contributed by atoms with Crippen molar-refractivity contribution in [2.45, 2.75) is 93.9 Å². The quantitative estimate of drug-likeness (QED) is 0.182. The van der Waals surface area contributed by atoms with Gasteiger partial charge in [0.1, 0.15) is 0 Å². The fourth-order valence-corrected chi connectivity index (χ4v) is 6.54. The molecule has 0 spiro atoms. The standard InChI is InChI=1S/C21H25.C15H14.C9H13.2ClH.Zr/c1-20(2,3)16-7-9-18-14(12-16)11-15-13-17(21(4,5)6)8-10-19(15)18;1-12-3-7-14(8-4-12)11-15-9-5-13(2)6-10-15;1-6-5-7(2)9(4)8(6)3;;;/h7-13H,1-6H3;3-10H,1-2H3;6H,1-4H3;2*1H;/q-1;;-1;;;+2/p-2. The first-order chi connectivity index (χ1) is 21.5. The van der Waals surface area contributed by atoms with Gasteiger partial charge in [-0.05, 0) is 10.8 Å². The van der Waals surface area contributed by atoms with Crippen LogP contribution in [0, 0.1) is 25.8 Å². The van der Waals surface area contributed by atoms with E-state index in [1.54, 1.807) is 0 Å². The summed E-state index contributed by atoms with van der Waals surface area (Å²) in [6.45, 7) is 26.5. The molecule has 252 valence electrons. The molecular weight excluding hydrogens is 703 g/mol. The van der Waals surface area contributed by atoms with E-state index in [9.17, 15) is 0 Å². The summed E-state index contributed by atoms with van der Waals surface area (Å²) in [6.07, 6.45) is 3.36. The Morgan fingerprint density at radius 1 is 0.604 bits per heavy atom. The molecule has 0 heterocycles. The van der Waals surface area contributed by atoms with Crippen LogP contribution in [0.4, 0.5) is 0 Å². The fraction of sp³-hybridized carbons (Fsp3) is 0.333. The Balaban J connectivity index is 0.000000264.